The standard InChI is InChI=1S/C18H27BrN2/c1-14(15-7-9-17(19)10-8-15)21-12-11-20-18(13-21)16-5-3-2-4-6-16/h7-10,14,16,18,20H,2-6,11-13H2,1H3. The van der Waals surface area contributed by atoms with Gasteiger partial charge < -0.3 is 5.32 Å². The molecule has 2 atom stereocenters. The molecule has 1 heterocycles. The third kappa shape index (κ3) is 3.88. The zero-order valence-corrected chi connectivity index (χ0v) is 14.6. The van der Waals surface area contributed by atoms with Crippen LogP contribution in [-0.2, 0) is 0 Å². The van der Waals surface area contributed by atoms with Gasteiger partial charge in [0.05, 0.1) is 0 Å². The largest absolute Gasteiger partial charge is 0.311 e. The monoisotopic (exact) mass is 350 g/mol. The molecule has 2 nitrogen and oxygen atoms in total. The molecule has 2 unspecified atom stereocenters. The van der Waals surface area contributed by atoms with Crippen LogP contribution in [0.15, 0.2) is 28.7 Å². The SMILES string of the molecule is CC(c1ccc(Br)cc1)N1CCNC(C2CCCCC2)C1. The number of hydrogen-bond donors (Lipinski definition) is 1. The van der Waals surface area contributed by atoms with Crippen molar-refractivity contribution in [2.24, 2.45) is 5.92 Å². The van der Waals surface area contributed by atoms with Crippen molar-refractivity contribution in [1.82, 2.24) is 10.2 Å². The summed E-state index contributed by atoms with van der Waals surface area (Å²) in [5.41, 5.74) is 1.43. The van der Waals surface area contributed by atoms with Crippen LogP contribution in [0.5, 0.6) is 0 Å². The van der Waals surface area contributed by atoms with E-state index in [4.69, 9.17) is 0 Å². The molecule has 0 bridgehead atoms. The lowest BCUT2D eigenvalue weighted by Gasteiger charge is -2.41. The zero-order valence-electron chi connectivity index (χ0n) is 13.0. The van der Waals surface area contributed by atoms with Gasteiger partial charge in [-0.05, 0) is 43.4 Å². The van der Waals surface area contributed by atoms with Gasteiger partial charge in [0, 0.05) is 36.2 Å². The van der Waals surface area contributed by atoms with Crippen LogP contribution in [0.25, 0.3) is 0 Å². The molecule has 0 radical (unpaired) electrons. The molecule has 1 aromatic rings. The van der Waals surface area contributed by atoms with Gasteiger partial charge >= 0.3 is 0 Å². The second-order valence-corrected chi connectivity index (χ2v) is 7.60. The van der Waals surface area contributed by atoms with Gasteiger partial charge in [-0.2, -0.15) is 0 Å². The van der Waals surface area contributed by atoms with Gasteiger partial charge in [0.25, 0.3) is 0 Å². The third-order valence-corrected chi connectivity index (χ3v) is 5.88. The first-order valence-corrected chi connectivity index (χ1v) is 9.26. The van der Waals surface area contributed by atoms with E-state index in [9.17, 15) is 0 Å². The molecule has 1 aromatic carbocycles. The van der Waals surface area contributed by atoms with E-state index in [1.807, 2.05) is 0 Å². The lowest BCUT2D eigenvalue weighted by Crippen LogP contribution is -2.54. The molecule has 2 aliphatic rings. The summed E-state index contributed by atoms with van der Waals surface area (Å²) >= 11 is 3.53. The van der Waals surface area contributed by atoms with Crippen molar-refractivity contribution in [3.63, 3.8) is 0 Å². The number of rotatable bonds is 3. The fourth-order valence-electron chi connectivity index (χ4n) is 3.96. The Balaban J connectivity index is 1.63. The van der Waals surface area contributed by atoms with Crippen molar-refractivity contribution in [2.45, 2.75) is 51.1 Å². The van der Waals surface area contributed by atoms with Gasteiger partial charge in [-0.25, -0.2) is 0 Å². The highest BCUT2D eigenvalue weighted by Crippen LogP contribution is 2.30. The van der Waals surface area contributed by atoms with Crippen molar-refractivity contribution in [3.05, 3.63) is 34.3 Å². The predicted molar refractivity (Wildman–Crippen MR) is 92.5 cm³/mol. The first-order chi connectivity index (χ1) is 10.2. The van der Waals surface area contributed by atoms with E-state index in [1.54, 1.807) is 0 Å². The Bertz CT molecular complexity index is 439. The second-order valence-electron chi connectivity index (χ2n) is 6.68. The molecule has 0 aromatic heterocycles. The van der Waals surface area contributed by atoms with E-state index in [-0.39, 0.29) is 0 Å². The van der Waals surface area contributed by atoms with Crippen molar-refractivity contribution in [2.75, 3.05) is 19.6 Å². The first-order valence-electron chi connectivity index (χ1n) is 8.47. The minimum Gasteiger partial charge on any atom is -0.311 e. The van der Waals surface area contributed by atoms with Crippen LogP contribution >= 0.6 is 15.9 Å². The molecule has 1 saturated carbocycles. The molecule has 116 valence electrons. The van der Waals surface area contributed by atoms with Crippen LogP contribution in [0, 0.1) is 5.92 Å². The molecule has 1 N–H and O–H groups in total. The molecule has 3 rings (SSSR count). The van der Waals surface area contributed by atoms with Gasteiger partial charge in [-0.3, -0.25) is 4.90 Å². The Morgan fingerprint density at radius 3 is 2.57 bits per heavy atom. The Morgan fingerprint density at radius 1 is 1.14 bits per heavy atom. The van der Waals surface area contributed by atoms with Crippen LogP contribution in [0.1, 0.15) is 50.6 Å². The maximum absolute atomic E-state index is 3.79. The fourth-order valence-corrected chi connectivity index (χ4v) is 4.22. The number of nitrogens with zero attached hydrogens (tertiary/aromatic N) is 1. The van der Waals surface area contributed by atoms with E-state index in [1.165, 1.54) is 55.2 Å². The highest BCUT2D eigenvalue weighted by atomic mass is 79.9. The molecule has 21 heavy (non-hydrogen) atoms. The molecule has 1 saturated heterocycles. The minimum absolute atomic E-state index is 0.520. The Kier molecular flexibility index (Phi) is 5.36. The van der Waals surface area contributed by atoms with Crippen molar-refractivity contribution in [3.8, 4) is 0 Å². The molecule has 2 fully saturated rings. The van der Waals surface area contributed by atoms with Gasteiger partial charge in [0.1, 0.15) is 0 Å². The van der Waals surface area contributed by atoms with E-state index in [0.717, 1.165) is 12.5 Å². The summed E-state index contributed by atoms with van der Waals surface area (Å²) in [7, 11) is 0. The van der Waals surface area contributed by atoms with E-state index in [0.29, 0.717) is 12.1 Å². The summed E-state index contributed by atoms with van der Waals surface area (Å²) in [4.78, 5) is 2.67. The third-order valence-electron chi connectivity index (χ3n) is 5.36. The van der Waals surface area contributed by atoms with Crippen LogP contribution in [-0.4, -0.2) is 30.6 Å². The van der Waals surface area contributed by atoms with Crippen LogP contribution in [0.4, 0.5) is 0 Å². The maximum Gasteiger partial charge on any atom is 0.0321 e. The Labute approximate surface area is 137 Å². The molecule has 3 heteroatoms. The molecule has 1 aliphatic carbocycles. The van der Waals surface area contributed by atoms with Crippen LogP contribution < -0.4 is 5.32 Å². The summed E-state index contributed by atoms with van der Waals surface area (Å²) in [6, 6.07) is 10.1. The van der Waals surface area contributed by atoms with Crippen molar-refractivity contribution >= 4 is 15.9 Å². The number of nitrogens with one attached hydrogen (secondary N) is 1. The van der Waals surface area contributed by atoms with E-state index >= 15 is 0 Å². The maximum atomic E-state index is 3.79. The summed E-state index contributed by atoms with van der Waals surface area (Å²) < 4.78 is 1.17. The average Bonchev–Trinajstić information content (AvgIpc) is 2.56. The lowest BCUT2D eigenvalue weighted by atomic mass is 9.83. The first kappa shape index (κ1) is 15.5. The fraction of sp³-hybridized carbons (Fsp3) is 0.667. The normalized spacial score (nSPS) is 26.7. The smallest absolute Gasteiger partial charge is 0.0321 e. The lowest BCUT2D eigenvalue weighted by molar-refractivity contribution is 0.115. The summed E-state index contributed by atoms with van der Waals surface area (Å²) in [5.74, 6) is 0.902. The minimum atomic E-state index is 0.520. The Morgan fingerprint density at radius 2 is 1.86 bits per heavy atom. The predicted octanol–water partition coefficient (Wildman–Crippen LogP) is 4.36. The second kappa shape index (κ2) is 7.26. The summed E-state index contributed by atoms with van der Waals surface area (Å²) in [5, 5.41) is 3.79. The summed E-state index contributed by atoms with van der Waals surface area (Å²) in [6.45, 7) is 5.87. The van der Waals surface area contributed by atoms with Crippen LogP contribution in [0.2, 0.25) is 0 Å². The van der Waals surface area contributed by atoms with E-state index in [2.05, 4.69) is 57.3 Å². The average molecular weight is 351 g/mol. The molecule has 1 aliphatic heterocycles. The van der Waals surface area contributed by atoms with Crippen molar-refractivity contribution < 1.29 is 0 Å². The topological polar surface area (TPSA) is 15.3 Å². The molecule has 0 spiro atoms. The van der Waals surface area contributed by atoms with Gasteiger partial charge in [-0.15, -0.1) is 0 Å². The van der Waals surface area contributed by atoms with Gasteiger partial charge in [-0.1, -0.05) is 47.3 Å². The highest BCUT2D eigenvalue weighted by Gasteiger charge is 2.30. The molecular weight excluding hydrogens is 324 g/mol. The number of halogens is 1. The number of benzene rings is 1. The number of piperazine rings is 1. The van der Waals surface area contributed by atoms with E-state index < -0.39 is 0 Å². The number of hydrogen-bond acceptors (Lipinski definition) is 2. The van der Waals surface area contributed by atoms with Crippen LogP contribution in [0.3, 0.4) is 0 Å². The quantitative estimate of drug-likeness (QED) is 0.870. The molecular formula is C18H27BrN2. The highest BCUT2D eigenvalue weighted by molar-refractivity contribution is 9.10. The Hall–Kier alpha value is -0.380. The summed E-state index contributed by atoms with van der Waals surface area (Å²) in [6.07, 6.45) is 7.18. The van der Waals surface area contributed by atoms with Gasteiger partial charge in [0.15, 0.2) is 0 Å². The molecule has 0 amide bonds. The van der Waals surface area contributed by atoms with Crippen molar-refractivity contribution in [1.29, 1.82) is 0 Å². The van der Waals surface area contributed by atoms with Gasteiger partial charge in [0.2, 0.25) is 0 Å². The zero-order chi connectivity index (χ0) is 14.7.